The van der Waals surface area contributed by atoms with Crippen LogP contribution in [0.15, 0.2) is 48.5 Å². The van der Waals surface area contributed by atoms with Crippen LogP contribution >= 0.6 is 15.9 Å². The molecule has 0 atom stereocenters. The van der Waals surface area contributed by atoms with E-state index in [-0.39, 0.29) is 36.6 Å². The molecule has 0 radical (unpaired) electrons. The van der Waals surface area contributed by atoms with Crippen LogP contribution in [0, 0.1) is 0 Å². The molecule has 3 saturated heterocycles. The van der Waals surface area contributed by atoms with Gasteiger partial charge in [-0.1, -0.05) is 70.9 Å². The van der Waals surface area contributed by atoms with Crippen molar-refractivity contribution in [1.29, 1.82) is 0 Å². The van der Waals surface area contributed by atoms with E-state index >= 15 is 0 Å². The summed E-state index contributed by atoms with van der Waals surface area (Å²) in [6.07, 6.45) is 4.06. The Morgan fingerprint density at radius 1 is 0.590 bits per heavy atom. The van der Waals surface area contributed by atoms with Gasteiger partial charge < -0.3 is 18.6 Å². The summed E-state index contributed by atoms with van der Waals surface area (Å²) in [5.41, 5.74) is 3.73. The second-order valence-electron chi connectivity index (χ2n) is 13.1. The van der Waals surface area contributed by atoms with Gasteiger partial charge in [-0.05, 0) is 103 Å². The maximum Gasteiger partial charge on any atom is 0.494 e. The average molecular weight is 598 g/mol. The number of rotatable bonds is 5. The monoisotopic (exact) mass is 597 g/mol. The molecule has 0 unspecified atom stereocenters. The van der Waals surface area contributed by atoms with Crippen LogP contribution in [0.25, 0.3) is 0 Å². The second kappa shape index (κ2) is 12.0. The highest BCUT2D eigenvalue weighted by atomic mass is 79.9. The molecule has 212 valence electrons. The van der Waals surface area contributed by atoms with E-state index in [1.54, 1.807) is 0 Å². The van der Waals surface area contributed by atoms with Gasteiger partial charge in [-0.15, -0.1) is 0 Å². The van der Waals surface area contributed by atoms with Gasteiger partial charge in [0.2, 0.25) is 0 Å². The minimum Gasteiger partial charge on any atom is -0.399 e. The lowest BCUT2D eigenvalue weighted by atomic mass is 9.79. The number of hydrogen-bond acceptors (Lipinski definition) is 5. The Morgan fingerprint density at radius 3 is 1.31 bits per heavy atom. The lowest BCUT2D eigenvalue weighted by Gasteiger charge is -2.32. The van der Waals surface area contributed by atoms with Crippen LogP contribution in [-0.2, 0) is 30.5 Å². The lowest BCUT2D eigenvalue weighted by Crippen LogP contribution is -2.41. The summed E-state index contributed by atoms with van der Waals surface area (Å²) >= 11 is 3.44. The highest BCUT2D eigenvalue weighted by Crippen LogP contribution is 2.37. The van der Waals surface area contributed by atoms with Crippen LogP contribution in [0.4, 0.5) is 0 Å². The van der Waals surface area contributed by atoms with E-state index in [4.69, 9.17) is 18.6 Å². The van der Waals surface area contributed by atoms with E-state index in [0.717, 1.165) is 22.8 Å². The van der Waals surface area contributed by atoms with Gasteiger partial charge in [0.25, 0.3) is 0 Å². The first-order valence-electron chi connectivity index (χ1n) is 14.4. The number of piperidine rings is 1. The summed E-state index contributed by atoms with van der Waals surface area (Å²) in [4.78, 5) is 2.55. The number of benzene rings is 2. The van der Waals surface area contributed by atoms with Crippen LogP contribution in [0.1, 0.15) is 85.8 Å². The van der Waals surface area contributed by atoms with Gasteiger partial charge >= 0.3 is 14.2 Å². The third-order valence-electron chi connectivity index (χ3n) is 9.02. The fraction of sp³-hybridized carbons (Fsp3) is 0.613. The highest BCUT2D eigenvalue weighted by molar-refractivity contribution is 9.08. The van der Waals surface area contributed by atoms with E-state index in [2.05, 4.69) is 125 Å². The van der Waals surface area contributed by atoms with E-state index in [1.807, 2.05) is 0 Å². The first-order chi connectivity index (χ1) is 18.2. The number of alkyl halides is 1. The number of hydrogen-bond donors (Lipinski definition) is 0. The van der Waals surface area contributed by atoms with Crippen LogP contribution in [0.3, 0.4) is 0 Å². The standard InChI is InChI=1S/C18H28BNO2.C13H18BBrO2/c1-17(2)18(3,4)22-19(21-17)16-10-8-15(9-11-16)14-20-12-6-5-7-13-20;1-12(2)13(3,4)17-14(16-12)11-7-5-10(9-15)6-8-11/h8-11H,5-7,12-14H2,1-4H3;5-8H,9H2,1-4H3. The predicted octanol–water partition coefficient (Wildman–Crippen LogP) is 5.85. The first-order valence-corrected chi connectivity index (χ1v) is 15.5. The van der Waals surface area contributed by atoms with Crippen molar-refractivity contribution in [2.75, 3.05) is 13.1 Å². The Morgan fingerprint density at radius 2 is 0.949 bits per heavy atom. The predicted molar refractivity (Wildman–Crippen MR) is 166 cm³/mol. The molecule has 0 bridgehead atoms. The zero-order valence-corrected chi connectivity index (χ0v) is 26.8. The molecule has 39 heavy (non-hydrogen) atoms. The van der Waals surface area contributed by atoms with Crippen molar-refractivity contribution in [3.8, 4) is 0 Å². The van der Waals surface area contributed by atoms with Crippen LogP contribution in [0.5, 0.6) is 0 Å². The van der Waals surface area contributed by atoms with Crippen LogP contribution < -0.4 is 10.9 Å². The van der Waals surface area contributed by atoms with Crippen LogP contribution in [-0.4, -0.2) is 54.6 Å². The lowest BCUT2D eigenvalue weighted by molar-refractivity contribution is 0.00578. The third-order valence-corrected chi connectivity index (χ3v) is 9.67. The van der Waals surface area contributed by atoms with E-state index < -0.39 is 0 Å². The molecule has 5 nitrogen and oxygen atoms in total. The minimum atomic E-state index is -0.274. The Kier molecular flexibility index (Phi) is 9.47. The molecule has 8 heteroatoms. The molecule has 0 amide bonds. The molecule has 3 aliphatic heterocycles. The van der Waals surface area contributed by atoms with E-state index in [1.165, 1.54) is 43.5 Å². The van der Waals surface area contributed by atoms with Gasteiger partial charge in [0, 0.05) is 11.9 Å². The summed E-state index contributed by atoms with van der Waals surface area (Å²) in [5, 5.41) is 0.872. The van der Waals surface area contributed by atoms with Gasteiger partial charge in [-0.2, -0.15) is 0 Å². The van der Waals surface area contributed by atoms with Crippen molar-refractivity contribution in [3.63, 3.8) is 0 Å². The molecular formula is C31H46B2BrNO4. The highest BCUT2D eigenvalue weighted by Gasteiger charge is 2.52. The van der Waals surface area contributed by atoms with Crippen molar-refractivity contribution < 1.29 is 18.6 Å². The third kappa shape index (κ3) is 7.20. The molecule has 2 aromatic rings. The summed E-state index contributed by atoms with van der Waals surface area (Å²) in [7, 11) is -0.515. The van der Waals surface area contributed by atoms with Crippen molar-refractivity contribution in [1.82, 2.24) is 4.90 Å². The number of likely N-dealkylation sites (tertiary alicyclic amines) is 1. The molecular weight excluding hydrogens is 552 g/mol. The minimum absolute atomic E-state index is 0.256. The zero-order valence-electron chi connectivity index (χ0n) is 25.2. The molecule has 0 N–H and O–H groups in total. The molecule has 3 fully saturated rings. The van der Waals surface area contributed by atoms with Gasteiger partial charge in [0.15, 0.2) is 0 Å². The molecule has 3 heterocycles. The van der Waals surface area contributed by atoms with Crippen molar-refractivity contribution in [3.05, 3.63) is 59.7 Å². The summed E-state index contributed by atoms with van der Waals surface area (Å²) < 4.78 is 24.2. The van der Waals surface area contributed by atoms with Gasteiger partial charge in [-0.3, -0.25) is 4.90 Å². The fourth-order valence-electron chi connectivity index (χ4n) is 4.88. The molecule has 0 aliphatic carbocycles. The van der Waals surface area contributed by atoms with Crippen molar-refractivity contribution in [2.24, 2.45) is 0 Å². The summed E-state index contributed by atoms with van der Waals surface area (Å²) in [6.45, 7) is 20.2. The van der Waals surface area contributed by atoms with Crippen molar-refractivity contribution >= 4 is 41.1 Å². The first kappa shape index (κ1) is 30.8. The van der Waals surface area contributed by atoms with Gasteiger partial charge in [-0.25, -0.2) is 0 Å². The normalized spacial score (nSPS) is 23.4. The van der Waals surface area contributed by atoms with Crippen molar-refractivity contribution in [2.45, 2.75) is 109 Å². The Bertz CT molecular complexity index is 1050. The Labute approximate surface area is 245 Å². The maximum absolute atomic E-state index is 6.11. The Balaban J connectivity index is 0.000000187. The second-order valence-corrected chi connectivity index (χ2v) is 13.7. The molecule has 0 aromatic heterocycles. The SMILES string of the molecule is CC1(C)OB(c2ccc(CBr)cc2)OC1(C)C.CC1(C)OB(c2ccc(CN3CCCCC3)cc2)OC1(C)C. The smallest absolute Gasteiger partial charge is 0.399 e. The van der Waals surface area contributed by atoms with E-state index in [9.17, 15) is 0 Å². The number of nitrogens with zero attached hydrogens (tertiary/aromatic N) is 1. The molecule has 0 spiro atoms. The fourth-order valence-corrected chi connectivity index (χ4v) is 5.25. The van der Waals surface area contributed by atoms with E-state index in [0.29, 0.717) is 0 Å². The number of halogens is 1. The van der Waals surface area contributed by atoms with Crippen LogP contribution in [0.2, 0.25) is 0 Å². The zero-order chi connectivity index (χ0) is 28.5. The summed E-state index contributed by atoms with van der Waals surface area (Å²) in [5.74, 6) is 0. The van der Waals surface area contributed by atoms with Gasteiger partial charge in [0.1, 0.15) is 0 Å². The molecule has 0 saturated carbocycles. The maximum atomic E-state index is 6.11. The average Bonchev–Trinajstić information content (AvgIpc) is 3.25. The summed E-state index contributed by atoms with van der Waals surface area (Å²) in [6, 6.07) is 17.1. The van der Waals surface area contributed by atoms with Gasteiger partial charge in [0.05, 0.1) is 22.4 Å². The quantitative estimate of drug-likeness (QED) is 0.319. The Hall–Kier alpha value is -1.15. The molecule has 3 aliphatic rings. The largest absolute Gasteiger partial charge is 0.494 e. The molecule has 5 rings (SSSR count). The molecule has 2 aromatic carbocycles. The topological polar surface area (TPSA) is 40.2 Å².